The third-order valence-corrected chi connectivity index (χ3v) is 3.58. The number of carbonyl (C=O) groups excluding carboxylic acids is 1. The second-order valence-corrected chi connectivity index (χ2v) is 4.93. The van der Waals surface area contributed by atoms with Gasteiger partial charge in [0.25, 0.3) is 5.91 Å². The van der Waals surface area contributed by atoms with Crippen LogP contribution in [0.4, 0.5) is 4.39 Å². The molecule has 5 heteroatoms. The summed E-state index contributed by atoms with van der Waals surface area (Å²) < 4.78 is 18.4. The molecule has 1 N–H and O–H groups in total. The number of aliphatic hydroxyl groups is 1. The Bertz CT molecular complexity index is 441. The Labute approximate surface area is 118 Å². The van der Waals surface area contributed by atoms with Gasteiger partial charge < -0.3 is 14.7 Å². The Morgan fingerprint density at radius 1 is 1.40 bits per heavy atom. The van der Waals surface area contributed by atoms with Crippen molar-refractivity contribution in [1.82, 2.24) is 4.90 Å². The number of nitrogens with zero attached hydrogens (tertiary/aromatic N) is 1. The smallest absolute Gasteiger partial charge is 0.256 e. The molecule has 0 radical (unpaired) electrons. The number of rotatable bonds is 4. The highest BCUT2D eigenvalue weighted by atomic mass is 19.1. The van der Waals surface area contributed by atoms with E-state index in [1.165, 1.54) is 24.3 Å². The summed E-state index contributed by atoms with van der Waals surface area (Å²) in [5.74, 6) is -0.711. The molecule has 1 aromatic rings. The van der Waals surface area contributed by atoms with Gasteiger partial charge in [-0.3, -0.25) is 4.79 Å². The van der Waals surface area contributed by atoms with E-state index in [-0.39, 0.29) is 17.8 Å². The van der Waals surface area contributed by atoms with Crippen molar-refractivity contribution < 1.29 is 19.0 Å². The molecule has 1 fully saturated rings. The van der Waals surface area contributed by atoms with E-state index in [1.807, 2.05) is 6.92 Å². The molecule has 4 nitrogen and oxygen atoms in total. The normalized spacial score (nSPS) is 18.1. The van der Waals surface area contributed by atoms with Crippen molar-refractivity contribution in [2.24, 2.45) is 0 Å². The first-order chi connectivity index (χ1) is 9.61. The molecule has 1 aromatic carbocycles. The minimum absolute atomic E-state index is 0.201. The summed E-state index contributed by atoms with van der Waals surface area (Å²) >= 11 is 0. The fraction of sp³-hybridized carbons (Fsp3) is 0.533. The van der Waals surface area contributed by atoms with E-state index in [0.29, 0.717) is 25.3 Å². The zero-order chi connectivity index (χ0) is 14.5. The molecule has 0 aliphatic carbocycles. The van der Waals surface area contributed by atoms with Crippen LogP contribution in [0, 0.1) is 5.82 Å². The van der Waals surface area contributed by atoms with Crippen LogP contribution in [0.5, 0.6) is 0 Å². The quantitative estimate of drug-likeness (QED) is 0.917. The Balaban J connectivity index is 1.93. The molecule has 0 saturated carbocycles. The molecular weight excluding hydrogens is 261 g/mol. The van der Waals surface area contributed by atoms with Crippen LogP contribution in [0.3, 0.4) is 0 Å². The third kappa shape index (κ3) is 3.55. The van der Waals surface area contributed by atoms with E-state index < -0.39 is 6.10 Å². The van der Waals surface area contributed by atoms with Gasteiger partial charge in [0.2, 0.25) is 0 Å². The summed E-state index contributed by atoms with van der Waals surface area (Å²) in [6.07, 6.45) is 0.553. The maximum absolute atomic E-state index is 12.8. The van der Waals surface area contributed by atoms with Gasteiger partial charge in [0.1, 0.15) is 5.82 Å². The molecule has 110 valence electrons. The van der Waals surface area contributed by atoms with Crippen LogP contribution in [0.2, 0.25) is 0 Å². The average molecular weight is 281 g/mol. The minimum Gasteiger partial charge on any atom is -0.378 e. The Morgan fingerprint density at radius 2 is 2.00 bits per heavy atom. The predicted octanol–water partition coefficient (Wildman–Crippen LogP) is 1.89. The van der Waals surface area contributed by atoms with Crippen molar-refractivity contribution in [2.75, 3.05) is 19.7 Å². The Hall–Kier alpha value is -1.46. The standard InChI is InChI=1S/C15H20FNO3/c1-2-20-13-7-9-17(10-8-13)15(19)14(18)11-3-5-12(16)6-4-11/h3-6,13-14,18H,2,7-10H2,1H3. The summed E-state index contributed by atoms with van der Waals surface area (Å²) in [5.41, 5.74) is 0.420. The van der Waals surface area contributed by atoms with Crippen molar-refractivity contribution in [3.05, 3.63) is 35.6 Å². The van der Waals surface area contributed by atoms with Gasteiger partial charge >= 0.3 is 0 Å². The summed E-state index contributed by atoms with van der Waals surface area (Å²) in [6.45, 7) is 3.80. The number of hydrogen-bond donors (Lipinski definition) is 1. The largest absolute Gasteiger partial charge is 0.378 e. The van der Waals surface area contributed by atoms with Gasteiger partial charge in [-0.05, 0) is 37.5 Å². The maximum Gasteiger partial charge on any atom is 0.256 e. The van der Waals surface area contributed by atoms with Gasteiger partial charge in [0.15, 0.2) is 6.10 Å². The summed E-state index contributed by atoms with van der Waals surface area (Å²) in [5, 5.41) is 10.1. The van der Waals surface area contributed by atoms with E-state index in [9.17, 15) is 14.3 Å². The first-order valence-electron chi connectivity index (χ1n) is 6.95. The number of aliphatic hydroxyl groups excluding tert-OH is 1. The molecule has 20 heavy (non-hydrogen) atoms. The number of ether oxygens (including phenoxy) is 1. The molecule has 1 aliphatic rings. The van der Waals surface area contributed by atoms with Gasteiger partial charge in [0.05, 0.1) is 6.10 Å². The van der Waals surface area contributed by atoms with Crippen LogP contribution in [0.15, 0.2) is 24.3 Å². The van der Waals surface area contributed by atoms with E-state index in [4.69, 9.17) is 4.74 Å². The molecule has 1 amide bonds. The Morgan fingerprint density at radius 3 is 2.55 bits per heavy atom. The SMILES string of the molecule is CCOC1CCN(C(=O)C(O)c2ccc(F)cc2)CC1. The van der Waals surface area contributed by atoms with Gasteiger partial charge in [-0.15, -0.1) is 0 Å². The zero-order valence-electron chi connectivity index (χ0n) is 11.6. The lowest BCUT2D eigenvalue weighted by Crippen LogP contribution is -2.43. The Kier molecular flexibility index (Phi) is 5.09. The van der Waals surface area contributed by atoms with Crippen molar-refractivity contribution >= 4 is 5.91 Å². The first-order valence-corrected chi connectivity index (χ1v) is 6.95. The monoisotopic (exact) mass is 281 g/mol. The molecule has 0 spiro atoms. The van der Waals surface area contributed by atoms with Gasteiger partial charge in [-0.2, -0.15) is 0 Å². The third-order valence-electron chi connectivity index (χ3n) is 3.58. The van der Waals surface area contributed by atoms with Crippen molar-refractivity contribution in [3.63, 3.8) is 0 Å². The zero-order valence-corrected chi connectivity index (χ0v) is 11.6. The average Bonchev–Trinajstić information content (AvgIpc) is 2.48. The predicted molar refractivity (Wildman–Crippen MR) is 72.6 cm³/mol. The number of likely N-dealkylation sites (tertiary alicyclic amines) is 1. The molecule has 1 aliphatic heterocycles. The molecule has 0 aromatic heterocycles. The maximum atomic E-state index is 12.8. The highest BCUT2D eigenvalue weighted by Gasteiger charge is 2.28. The van der Waals surface area contributed by atoms with Crippen molar-refractivity contribution in [2.45, 2.75) is 32.0 Å². The van der Waals surface area contributed by atoms with E-state index in [0.717, 1.165) is 12.8 Å². The van der Waals surface area contributed by atoms with Crippen LogP contribution in [-0.2, 0) is 9.53 Å². The van der Waals surface area contributed by atoms with Crippen molar-refractivity contribution in [3.8, 4) is 0 Å². The van der Waals surface area contributed by atoms with E-state index in [2.05, 4.69) is 0 Å². The highest BCUT2D eigenvalue weighted by molar-refractivity contribution is 5.82. The number of piperidine rings is 1. The van der Waals surface area contributed by atoms with Gasteiger partial charge in [-0.25, -0.2) is 4.39 Å². The molecule has 1 atom stereocenters. The number of halogens is 1. The topological polar surface area (TPSA) is 49.8 Å². The molecular formula is C15H20FNO3. The fourth-order valence-corrected chi connectivity index (χ4v) is 2.44. The highest BCUT2D eigenvalue weighted by Crippen LogP contribution is 2.20. The minimum atomic E-state index is -1.22. The van der Waals surface area contributed by atoms with Crippen LogP contribution in [0.25, 0.3) is 0 Å². The van der Waals surface area contributed by atoms with Crippen LogP contribution < -0.4 is 0 Å². The molecule has 1 unspecified atom stereocenters. The van der Waals surface area contributed by atoms with Gasteiger partial charge in [-0.1, -0.05) is 12.1 Å². The van der Waals surface area contributed by atoms with Crippen LogP contribution in [-0.4, -0.2) is 41.7 Å². The van der Waals surface area contributed by atoms with E-state index >= 15 is 0 Å². The number of benzene rings is 1. The first kappa shape index (κ1) is 14.9. The van der Waals surface area contributed by atoms with Crippen molar-refractivity contribution in [1.29, 1.82) is 0 Å². The fourth-order valence-electron chi connectivity index (χ4n) is 2.44. The summed E-state index contributed by atoms with van der Waals surface area (Å²) in [6, 6.07) is 5.36. The molecule has 0 bridgehead atoms. The lowest BCUT2D eigenvalue weighted by Gasteiger charge is -2.33. The summed E-state index contributed by atoms with van der Waals surface area (Å²) in [4.78, 5) is 13.8. The lowest BCUT2D eigenvalue weighted by molar-refractivity contribution is -0.143. The molecule has 1 heterocycles. The second kappa shape index (κ2) is 6.81. The number of amides is 1. The van der Waals surface area contributed by atoms with Gasteiger partial charge in [0, 0.05) is 19.7 Å². The number of hydrogen-bond acceptors (Lipinski definition) is 3. The molecule has 2 rings (SSSR count). The summed E-state index contributed by atoms with van der Waals surface area (Å²) in [7, 11) is 0. The van der Waals surface area contributed by atoms with Crippen LogP contribution >= 0.6 is 0 Å². The lowest BCUT2D eigenvalue weighted by atomic mass is 10.0. The molecule has 1 saturated heterocycles. The van der Waals surface area contributed by atoms with Crippen LogP contribution in [0.1, 0.15) is 31.4 Å². The number of carbonyl (C=O) groups is 1. The second-order valence-electron chi connectivity index (χ2n) is 4.93. The van der Waals surface area contributed by atoms with E-state index in [1.54, 1.807) is 4.90 Å².